The minimum Gasteiger partial charge on any atom is -0.268 e. The Bertz CT molecular complexity index is 811. The van der Waals surface area contributed by atoms with Gasteiger partial charge in [0.1, 0.15) is 0 Å². The average Bonchev–Trinajstić information content (AvgIpc) is 2.84. The Morgan fingerprint density at radius 3 is 2.65 bits per heavy atom. The first-order valence-corrected chi connectivity index (χ1v) is 8.13. The van der Waals surface area contributed by atoms with E-state index in [-0.39, 0.29) is 0 Å². The molecule has 0 saturated carbocycles. The lowest BCUT2D eigenvalue weighted by Crippen LogP contribution is -1.98. The highest BCUT2D eigenvalue weighted by Crippen LogP contribution is 2.28. The molecular weight excluding hydrogens is 449 g/mol. The third-order valence-electron chi connectivity index (χ3n) is 2.86. The minimum absolute atomic E-state index is 0.585. The Labute approximate surface area is 143 Å². The van der Waals surface area contributed by atoms with Crippen LogP contribution in [0.25, 0.3) is 17.1 Å². The maximum atomic E-state index is 5.36. The molecule has 100 valence electrons. The Morgan fingerprint density at radius 1 is 1.15 bits per heavy atom. The van der Waals surface area contributed by atoms with Gasteiger partial charge < -0.3 is 0 Å². The maximum Gasteiger partial charge on any atom is 0.200 e. The van der Waals surface area contributed by atoms with Gasteiger partial charge in [-0.1, -0.05) is 34.1 Å². The normalized spacial score (nSPS) is 10.7. The van der Waals surface area contributed by atoms with Gasteiger partial charge in [-0.25, -0.2) is 0 Å². The number of aromatic amines is 1. The van der Waals surface area contributed by atoms with E-state index < -0.39 is 0 Å². The Balaban J connectivity index is 2.27. The third kappa shape index (κ3) is 2.59. The highest BCUT2D eigenvalue weighted by molar-refractivity contribution is 14.1. The van der Waals surface area contributed by atoms with Crippen molar-refractivity contribution in [1.82, 2.24) is 14.8 Å². The van der Waals surface area contributed by atoms with Crippen molar-refractivity contribution in [2.75, 3.05) is 0 Å². The molecule has 0 fully saturated rings. The van der Waals surface area contributed by atoms with Gasteiger partial charge in [-0.15, -0.1) is 0 Å². The number of benzene rings is 2. The molecular formula is C14H9BrIN3S. The molecule has 0 aliphatic heterocycles. The van der Waals surface area contributed by atoms with Crippen LogP contribution in [0.4, 0.5) is 0 Å². The van der Waals surface area contributed by atoms with Crippen molar-refractivity contribution >= 4 is 50.7 Å². The predicted molar refractivity (Wildman–Crippen MR) is 94.6 cm³/mol. The van der Waals surface area contributed by atoms with Crippen LogP contribution in [0.3, 0.4) is 0 Å². The van der Waals surface area contributed by atoms with Crippen molar-refractivity contribution in [3.63, 3.8) is 0 Å². The van der Waals surface area contributed by atoms with E-state index in [9.17, 15) is 0 Å². The van der Waals surface area contributed by atoms with Gasteiger partial charge in [-0.3, -0.25) is 9.67 Å². The summed E-state index contributed by atoms with van der Waals surface area (Å²) in [4.78, 5) is 0. The van der Waals surface area contributed by atoms with Crippen LogP contribution in [0.15, 0.2) is 53.0 Å². The van der Waals surface area contributed by atoms with Crippen LogP contribution in [0.5, 0.6) is 0 Å². The van der Waals surface area contributed by atoms with Crippen LogP contribution in [-0.2, 0) is 0 Å². The van der Waals surface area contributed by atoms with Gasteiger partial charge in [0, 0.05) is 19.3 Å². The van der Waals surface area contributed by atoms with Crippen molar-refractivity contribution < 1.29 is 0 Å². The number of hydrogen-bond acceptors (Lipinski definition) is 2. The molecule has 0 amide bonds. The third-order valence-corrected chi connectivity index (χ3v) is 4.56. The van der Waals surface area contributed by atoms with E-state index >= 15 is 0 Å². The molecule has 0 unspecified atom stereocenters. The summed E-state index contributed by atoms with van der Waals surface area (Å²) in [7, 11) is 0. The molecule has 3 rings (SSSR count). The van der Waals surface area contributed by atoms with E-state index in [0.29, 0.717) is 4.77 Å². The number of nitrogens with one attached hydrogen (secondary N) is 1. The summed E-state index contributed by atoms with van der Waals surface area (Å²) >= 11 is 11.2. The summed E-state index contributed by atoms with van der Waals surface area (Å²) in [5, 5.41) is 7.26. The van der Waals surface area contributed by atoms with Gasteiger partial charge in [0.25, 0.3) is 0 Å². The monoisotopic (exact) mass is 457 g/mol. The first kappa shape index (κ1) is 14.0. The fourth-order valence-electron chi connectivity index (χ4n) is 1.96. The van der Waals surface area contributed by atoms with E-state index in [4.69, 9.17) is 12.2 Å². The van der Waals surface area contributed by atoms with Gasteiger partial charge in [0.2, 0.25) is 0 Å². The molecule has 3 aromatic rings. The van der Waals surface area contributed by atoms with E-state index in [1.165, 1.54) is 0 Å². The highest BCUT2D eigenvalue weighted by atomic mass is 127. The van der Waals surface area contributed by atoms with Crippen molar-refractivity contribution in [2.45, 2.75) is 0 Å². The first-order valence-electron chi connectivity index (χ1n) is 5.85. The molecule has 2 aromatic carbocycles. The topological polar surface area (TPSA) is 33.6 Å². The molecule has 0 saturated heterocycles. The van der Waals surface area contributed by atoms with E-state index in [0.717, 1.165) is 25.1 Å². The standard InChI is InChI=1S/C14H9BrIN3S/c15-9-6-7-12(16)11(8-9)13-17-18-14(20)19(13)10-4-2-1-3-5-10/h1-8H,(H,18,20). The van der Waals surface area contributed by atoms with Gasteiger partial charge in [-0.2, -0.15) is 5.10 Å². The highest BCUT2D eigenvalue weighted by Gasteiger charge is 2.13. The lowest BCUT2D eigenvalue weighted by molar-refractivity contribution is 1.04. The van der Waals surface area contributed by atoms with E-state index in [2.05, 4.69) is 48.7 Å². The van der Waals surface area contributed by atoms with Crippen LogP contribution in [0.2, 0.25) is 0 Å². The summed E-state index contributed by atoms with van der Waals surface area (Å²) in [5.74, 6) is 0.812. The number of para-hydroxylation sites is 1. The number of H-pyrrole nitrogens is 1. The second-order valence-corrected chi connectivity index (χ2v) is 6.61. The second-order valence-electron chi connectivity index (χ2n) is 4.15. The molecule has 1 aromatic heterocycles. The van der Waals surface area contributed by atoms with Crippen LogP contribution < -0.4 is 0 Å². The first-order chi connectivity index (χ1) is 9.66. The summed E-state index contributed by atoms with van der Waals surface area (Å²) in [6.45, 7) is 0. The van der Waals surface area contributed by atoms with Gasteiger partial charge in [0.15, 0.2) is 10.6 Å². The zero-order valence-corrected chi connectivity index (χ0v) is 14.7. The van der Waals surface area contributed by atoms with Crippen molar-refractivity contribution in [3.05, 3.63) is 61.3 Å². The van der Waals surface area contributed by atoms with Crippen molar-refractivity contribution in [2.24, 2.45) is 0 Å². The fraction of sp³-hybridized carbons (Fsp3) is 0. The van der Waals surface area contributed by atoms with Gasteiger partial charge in [-0.05, 0) is 65.1 Å². The fourth-order valence-corrected chi connectivity index (χ4v) is 3.14. The molecule has 1 heterocycles. The molecule has 3 nitrogen and oxygen atoms in total. The van der Waals surface area contributed by atoms with Crippen LogP contribution in [-0.4, -0.2) is 14.8 Å². The minimum atomic E-state index is 0.585. The summed E-state index contributed by atoms with van der Waals surface area (Å²) < 4.78 is 4.67. The van der Waals surface area contributed by atoms with Gasteiger partial charge in [0.05, 0.1) is 0 Å². The number of hydrogen-bond donors (Lipinski definition) is 1. The Kier molecular flexibility index (Phi) is 4.04. The SMILES string of the molecule is S=c1[nH]nc(-c2cc(Br)ccc2I)n1-c1ccccc1. The molecule has 6 heteroatoms. The van der Waals surface area contributed by atoms with Crippen molar-refractivity contribution in [3.8, 4) is 17.1 Å². The van der Waals surface area contributed by atoms with Crippen LogP contribution >= 0.6 is 50.7 Å². The average molecular weight is 458 g/mol. The number of halogens is 2. The van der Waals surface area contributed by atoms with Crippen LogP contribution in [0.1, 0.15) is 0 Å². The predicted octanol–water partition coefficient (Wildman–Crippen LogP) is 4.96. The second kappa shape index (κ2) is 5.79. The number of rotatable bonds is 2. The Morgan fingerprint density at radius 2 is 1.90 bits per heavy atom. The molecule has 0 aliphatic rings. The van der Waals surface area contributed by atoms with Crippen molar-refractivity contribution in [1.29, 1.82) is 0 Å². The molecule has 0 bridgehead atoms. The van der Waals surface area contributed by atoms with E-state index in [1.807, 2.05) is 53.1 Å². The van der Waals surface area contributed by atoms with Crippen LogP contribution in [0, 0.1) is 8.34 Å². The summed E-state index contributed by atoms with van der Waals surface area (Å²) in [6.07, 6.45) is 0. The molecule has 0 atom stereocenters. The molecule has 0 radical (unpaired) electrons. The summed E-state index contributed by atoms with van der Waals surface area (Å²) in [5.41, 5.74) is 2.04. The van der Waals surface area contributed by atoms with Gasteiger partial charge >= 0.3 is 0 Å². The molecule has 1 N–H and O–H groups in total. The lowest BCUT2D eigenvalue weighted by Gasteiger charge is -2.08. The Hall–Kier alpha value is -0.990. The molecule has 0 spiro atoms. The quantitative estimate of drug-likeness (QED) is 0.435. The largest absolute Gasteiger partial charge is 0.268 e. The smallest absolute Gasteiger partial charge is 0.200 e. The number of aromatic nitrogens is 3. The lowest BCUT2D eigenvalue weighted by atomic mass is 10.2. The zero-order chi connectivity index (χ0) is 14.1. The molecule has 20 heavy (non-hydrogen) atoms. The summed E-state index contributed by atoms with van der Waals surface area (Å²) in [6, 6.07) is 16.1. The molecule has 0 aliphatic carbocycles. The maximum absolute atomic E-state index is 5.36. The van der Waals surface area contributed by atoms with E-state index in [1.54, 1.807) is 0 Å². The number of nitrogens with zero attached hydrogens (tertiary/aromatic N) is 2. The zero-order valence-electron chi connectivity index (χ0n) is 10.2.